The molecule has 0 saturated carbocycles. The lowest BCUT2D eigenvalue weighted by Crippen LogP contribution is -2.31. The van der Waals surface area contributed by atoms with E-state index >= 15 is 0 Å². The van der Waals surface area contributed by atoms with Crippen LogP contribution in [0.25, 0.3) is 0 Å². The summed E-state index contributed by atoms with van der Waals surface area (Å²) < 4.78 is 5.39. The molecule has 1 unspecified atom stereocenters. The van der Waals surface area contributed by atoms with Crippen LogP contribution in [-0.4, -0.2) is 25.2 Å². The maximum absolute atomic E-state index is 5.39. The molecule has 1 aromatic carbocycles. The summed E-state index contributed by atoms with van der Waals surface area (Å²) in [5, 5.41) is 3.83. The number of thioether (sulfide) groups is 1. The number of nitrogens with one attached hydrogen (secondary N) is 1. The highest BCUT2D eigenvalue weighted by Crippen LogP contribution is 2.33. The first kappa shape index (κ1) is 14.3. The van der Waals surface area contributed by atoms with E-state index in [0.717, 1.165) is 11.7 Å². The second-order valence-corrected chi connectivity index (χ2v) is 7.20. The van der Waals surface area contributed by atoms with Crippen LogP contribution >= 0.6 is 11.8 Å². The quantitative estimate of drug-likeness (QED) is 0.911. The molecule has 110 valence electrons. The van der Waals surface area contributed by atoms with Crippen molar-refractivity contribution in [3.8, 4) is 5.75 Å². The van der Waals surface area contributed by atoms with E-state index in [1.165, 1.54) is 61.3 Å². The zero-order chi connectivity index (χ0) is 13.8. The zero-order valence-electron chi connectivity index (χ0n) is 12.4. The van der Waals surface area contributed by atoms with Crippen LogP contribution in [0.4, 0.5) is 0 Å². The number of benzene rings is 1. The van der Waals surface area contributed by atoms with Gasteiger partial charge in [-0.3, -0.25) is 0 Å². The molecule has 2 nitrogen and oxygen atoms in total. The fourth-order valence-electron chi connectivity index (χ4n) is 3.38. The van der Waals surface area contributed by atoms with Crippen molar-refractivity contribution >= 4 is 11.8 Å². The number of hydrogen-bond donors (Lipinski definition) is 1. The molecule has 0 bridgehead atoms. The largest absolute Gasteiger partial charge is 0.497 e. The summed E-state index contributed by atoms with van der Waals surface area (Å²) in [6.07, 6.45) is 6.56. The predicted molar refractivity (Wildman–Crippen MR) is 86.7 cm³/mol. The van der Waals surface area contributed by atoms with Crippen LogP contribution in [0.2, 0.25) is 0 Å². The van der Waals surface area contributed by atoms with Crippen molar-refractivity contribution in [1.82, 2.24) is 5.32 Å². The van der Waals surface area contributed by atoms with Gasteiger partial charge in [-0.25, -0.2) is 0 Å². The van der Waals surface area contributed by atoms with Crippen molar-refractivity contribution in [2.45, 2.75) is 38.1 Å². The van der Waals surface area contributed by atoms with Gasteiger partial charge in [0.1, 0.15) is 5.75 Å². The van der Waals surface area contributed by atoms with E-state index in [1.54, 1.807) is 7.11 Å². The lowest BCUT2D eigenvalue weighted by Gasteiger charge is -2.30. The molecule has 0 spiro atoms. The van der Waals surface area contributed by atoms with E-state index < -0.39 is 0 Å². The molecule has 1 aliphatic heterocycles. The van der Waals surface area contributed by atoms with Gasteiger partial charge in [-0.05, 0) is 79.3 Å². The summed E-state index contributed by atoms with van der Waals surface area (Å²) in [6, 6.07) is 7.12. The molecule has 1 saturated heterocycles. The van der Waals surface area contributed by atoms with E-state index in [9.17, 15) is 0 Å². The number of aryl methyl sites for hydroxylation is 1. The number of ether oxygens (including phenoxy) is 1. The molecule has 3 rings (SSSR count). The van der Waals surface area contributed by atoms with Crippen LogP contribution in [0, 0.1) is 5.92 Å². The first-order valence-electron chi connectivity index (χ1n) is 7.85. The van der Waals surface area contributed by atoms with E-state index in [2.05, 4.69) is 35.3 Å². The predicted octanol–water partition coefficient (Wildman–Crippen LogP) is 3.81. The molecule has 0 radical (unpaired) electrons. The normalized spacial score (nSPS) is 23.4. The molecule has 1 fully saturated rings. The highest BCUT2D eigenvalue weighted by atomic mass is 32.2. The van der Waals surface area contributed by atoms with E-state index in [0.29, 0.717) is 6.04 Å². The molecule has 0 amide bonds. The highest BCUT2D eigenvalue weighted by molar-refractivity contribution is 7.99. The molecule has 1 heterocycles. The lowest BCUT2D eigenvalue weighted by molar-refractivity contribution is 0.380. The summed E-state index contributed by atoms with van der Waals surface area (Å²) >= 11 is 2.11. The molecular weight excluding hydrogens is 266 g/mol. The van der Waals surface area contributed by atoms with Crippen LogP contribution in [-0.2, 0) is 6.42 Å². The van der Waals surface area contributed by atoms with E-state index in [4.69, 9.17) is 4.74 Å². The van der Waals surface area contributed by atoms with Gasteiger partial charge in [0.15, 0.2) is 0 Å². The number of methoxy groups -OCH3 is 1. The molecule has 1 aromatic rings. The fraction of sp³-hybridized carbons (Fsp3) is 0.647. The molecule has 3 heteroatoms. The van der Waals surface area contributed by atoms with Crippen molar-refractivity contribution < 1.29 is 4.74 Å². The summed E-state index contributed by atoms with van der Waals surface area (Å²) in [7, 11) is 1.76. The minimum Gasteiger partial charge on any atom is -0.497 e. The molecule has 1 N–H and O–H groups in total. The van der Waals surface area contributed by atoms with Gasteiger partial charge in [-0.15, -0.1) is 0 Å². The zero-order valence-corrected chi connectivity index (χ0v) is 13.2. The maximum Gasteiger partial charge on any atom is 0.119 e. The maximum atomic E-state index is 5.39. The topological polar surface area (TPSA) is 21.3 Å². The Morgan fingerprint density at radius 1 is 1.25 bits per heavy atom. The summed E-state index contributed by atoms with van der Waals surface area (Å²) in [5.74, 6) is 4.57. The van der Waals surface area contributed by atoms with Gasteiger partial charge in [0.05, 0.1) is 7.11 Å². The number of rotatable bonds is 4. The van der Waals surface area contributed by atoms with Gasteiger partial charge >= 0.3 is 0 Å². The Bertz CT molecular complexity index is 443. The Labute approximate surface area is 126 Å². The van der Waals surface area contributed by atoms with E-state index in [-0.39, 0.29) is 0 Å². The second kappa shape index (κ2) is 6.86. The summed E-state index contributed by atoms with van der Waals surface area (Å²) in [5.41, 5.74) is 2.98. The molecular formula is C17H25NOS. The first-order chi connectivity index (χ1) is 9.86. The van der Waals surface area contributed by atoms with E-state index in [1.807, 2.05) is 0 Å². The fourth-order valence-corrected chi connectivity index (χ4v) is 4.58. The third-order valence-electron chi connectivity index (χ3n) is 4.66. The SMILES string of the molecule is COc1ccc2c(c1)C(NCC1CCSCC1)CCC2. The summed E-state index contributed by atoms with van der Waals surface area (Å²) in [4.78, 5) is 0. The van der Waals surface area contributed by atoms with Crippen molar-refractivity contribution in [3.63, 3.8) is 0 Å². The Kier molecular flexibility index (Phi) is 4.90. The first-order valence-corrected chi connectivity index (χ1v) is 9.00. The Balaban J connectivity index is 1.65. The molecule has 1 aliphatic carbocycles. The number of hydrogen-bond acceptors (Lipinski definition) is 3. The van der Waals surface area contributed by atoms with Gasteiger partial charge in [0, 0.05) is 6.04 Å². The van der Waals surface area contributed by atoms with Crippen molar-refractivity contribution in [3.05, 3.63) is 29.3 Å². The van der Waals surface area contributed by atoms with Crippen LogP contribution in [0.15, 0.2) is 18.2 Å². The van der Waals surface area contributed by atoms with Crippen LogP contribution < -0.4 is 10.1 Å². The van der Waals surface area contributed by atoms with Crippen molar-refractivity contribution in [2.24, 2.45) is 5.92 Å². The summed E-state index contributed by atoms with van der Waals surface area (Å²) in [6.45, 7) is 1.18. The van der Waals surface area contributed by atoms with Crippen LogP contribution in [0.5, 0.6) is 5.75 Å². The Morgan fingerprint density at radius 3 is 2.90 bits per heavy atom. The van der Waals surface area contributed by atoms with Crippen molar-refractivity contribution in [2.75, 3.05) is 25.2 Å². The number of fused-ring (bicyclic) bond motifs is 1. The van der Waals surface area contributed by atoms with Gasteiger partial charge < -0.3 is 10.1 Å². The highest BCUT2D eigenvalue weighted by Gasteiger charge is 2.22. The van der Waals surface area contributed by atoms with Crippen molar-refractivity contribution in [1.29, 1.82) is 0 Å². The lowest BCUT2D eigenvalue weighted by atomic mass is 9.87. The van der Waals surface area contributed by atoms with Gasteiger partial charge in [-0.2, -0.15) is 11.8 Å². The molecule has 1 atom stereocenters. The average molecular weight is 291 g/mol. The Hall–Kier alpha value is -0.670. The molecule has 2 aliphatic rings. The molecule has 20 heavy (non-hydrogen) atoms. The monoisotopic (exact) mass is 291 g/mol. The Morgan fingerprint density at radius 2 is 2.10 bits per heavy atom. The van der Waals surface area contributed by atoms with Gasteiger partial charge in [-0.1, -0.05) is 6.07 Å². The molecule has 0 aromatic heterocycles. The second-order valence-electron chi connectivity index (χ2n) is 5.97. The third kappa shape index (κ3) is 3.32. The van der Waals surface area contributed by atoms with Gasteiger partial charge in [0.2, 0.25) is 0 Å². The van der Waals surface area contributed by atoms with Gasteiger partial charge in [0.25, 0.3) is 0 Å². The van der Waals surface area contributed by atoms with Crippen LogP contribution in [0.1, 0.15) is 42.9 Å². The third-order valence-corrected chi connectivity index (χ3v) is 5.71. The smallest absolute Gasteiger partial charge is 0.119 e. The minimum atomic E-state index is 0.531. The standard InChI is InChI=1S/C17H25NOS/c1-19-15-6-5-14-3-2-4-17(16(14)11-15)18-12-13-7-9-20-10-8-13/h5-6,11,13,17-18H,2-4,7-10,12H2,1H3. The van der Waals surface area contributed by atoms with Crippen LogP contribution in [0.3, 0.4) is 0 Å². The minimum absolute atomic E-state index is 0.531. The average Bonchev–Trinajstić information content (AvgIpc) is 2.53.